The Kier molecular flexibility index (Phi) is 5.42. The van der Waals surface area contributed by atoms with E-state index in [1.54, 1.807) is 6.20 Å². The first kappa shape index (κ1) is 19.4. The van der Waals surface area contributed by atoms with Crippen LogP contribution in [0.1, 0.15) is 38.8 Å². The summed E-state index contributed by atoms with van der Waals surface area (Å²) in [4.78, 5) is 14.1. The quantitative estimate of drug-likeness (QED) is 0.366. The molecule has 4 rings (SSSR count). The summed E-state index contributed by atoms with van der Waals surface area (Å²) in [7, 11) is 0. The molecular formula is C20H26IN7. The maximum Gasteiger partial charge on any atom is 0.225 e. The Morgan fingerprint density at radius 2 is 2.00 bits per heavy atom. The van der Waals surface area contributed by atoms with Crippen molar-refractivity contribution in [3.8, 4) is 0 Å². The highest BCUT2D eigenvalue weighted by Crippen LogP contribution is 2.29. The third-order valence-corrected chi connectivity index (χ3v) is 5.56. The van der Waals surface area contributed by atoms with Crippen LogP contribution in [0.5, 0.6) is 0 Å². The molecule has 8 heteroatoms. The van der Waals surface area contributed by atoms with E-state index in [9.17, 15) is 0 Å². The predicted octanol–water partition coefficient (Wildman–Crippen LogP) is 4.25. The van der Waals surface area contributed by atoms with Gasteiger partial charge in [-0.1, -0.05) is 34.7 Å². The number of rotatable bonds is 5. The molecule has 0 saturated carbocycles. The molecule has 3 aromatic rings. The van der Waals surface area contributed by atoms with Crippen LogP contribution < -0.4 is 16.0 Å². The number of halogens is 1. The van der Waals surface area contributed by atoms with E-state index in [0.29, 0.717) is 12.0 Å². The molecule has 7 nitrogen and oxygen atoms in total. The maximum absolute atomic E-state index is 4.80. The molecule has 0 radical (unpaired) electrons. The zero-order valence-corrected chi connectivity index (χ0v) is 18.6. The fourth-order valence-corrected chi connectivity index (χ4v) is 3.90. The lowest BCUT2D eigenvalue weighted by Crippen LogP contribution is -2.27. The second-order valence-electron chi connectivity index (χ2n) is 8.19. The van der Waals surface area contributed by atoms with E-state index in [1.165, 1.54) is 5.56 Å². The van der Waals surface area contributed by atoms with Gasteiger partial charge >= 0.3 is 0 Å². The Morgan fingerprint density at radius 3 is 2.64 bits per heavy atom. The molecule has 148 valence electrons. The fourth-order valence-electron chi connectivity index (χ4n) is 3.39. The van der Waals surface area contributed by atoms with Gasteiger partial charge in [0.25, 0.3) is 0 Å². The summed E-state index contributed by atoms with van der Waals surface area (Å²) in [5.41, 5.74) is 3.90. The highest BCUT2D eigenvalue weighted by Gasteiger charge is 2.24. The minimum Gasteiger partial charge on any atom is -0.350 e. The number of hydrogen-bond donors (Lipinski definition) is 3. The summed E-state index contributed by atoms with van der Waals surface area (Å²) in [5, 5.41) is 10.3. The molecule has 3 N–H and O–H groups in total. The molecule has 1 aliphatic rings. The summed E-state index contributed by atoms with van der Waals surface area (Å²) in [6.07, 6.45) is 2.86. The number of anilines is 3. The summed E-state index contributed by atoms with van der Waals surface area (Å²) in [5.74, 6) is 1.44. The molecule has 0 aliphatic carbocycles. The van der Waals surface area contributed by atoms with Crippen LogP contribution in [0.15, 0.2) is 30.5 Å². The van der Waals surface area contributed by atoms with E-state index in [-0.39, 0.29) is 5.54 Å². The lowest BCUT2D eigenvalue weighted by molar-refractivity contribution is 0.564. The van der Waals surface area contributed by atoms with Gasteiger partial charge in [-0.3, -0.25) is 4.57 Å². The molecule has 0 amide bonds. The first-order chi connectivity index (χ1) is 13.4. The van der Waals surface area contributed by atoms with Crippen molar-refractivity contribution in [2.75, 3.05) is 23.7 Å². The molecule has 0 spiro atoms. The maximum atomic E-state index is 4.80. The SMILES string of the molecule is CC(C)(C)Nc1ncc2nc(Nc3ccc(CI)cc3)n(C3CCNC3)c2n1. The van der Waals surface area contributed by atoms with E-state index in [4.69, 9.17) is 9.97 Å². The smallest absolute Gasteiger partial charge is 0.225 e. The molecule has 2 aromatic heterocycles. The number of nitrogens with one attached hydrogen (secondary N) is 3. The topological polar surface area (TPSA) is 79.7 Å². The van der Waals surface area contributed by atoms with Gasteiger partial charge in [0.2, 0.25) is 11.9 Å². The molecule has 28 heavy (non-hydrogen) atoms. The van der Waals surface area contributed by atoms with E-state index >= 15 is 0 Å². The van der Waals surface area contributed by atoms with Crippen LogP contribution in [0.4, 0.5) is 17.6 Å². The van der Waals surface area contributed by atoms with Crippen molar-refractivity contribution in [2.24, 2.45) is 0 Å². The predicted molar refractivity (Wildman–Crippen MR) is 123 cm³/mol. The van der Waals surface area contributed by atoms with Gasteiger partial charge in [0.05, 0.1) is 12.2 Å². The second kappa shape index (κ2) is 7.82. The highest BCUT2D eigenvalue weighted by atomic mass is 127. The molecule has 1 saturated heterocycles. The molecule has 0 bridgehead atoms. The first-order valence-corrected chi connectivity index (χ1v) is 11.1. The van der Waals surface area contributed by atoms with Gasteiger partial charge in [-0.2, -0.15) is 4.98 Å². The summed E-state index contributed by atoms with van der Waals surface area (Å²) >= 11 is 2.38. The highest BCUT2D eigenvalue weighted by molar-refractivity contribution is 14.1. The molecular weight excluding hydrogens is 465 g/mol. The van der Waals surface area contributed by atoms with Crippen LogP contribution in [-0.4, -0.2) is 38.1 Å². The van der Waals surface area contributed by atoms with Crippen molar-refractivity contribution in [3.63, 3.8) is 0 Å². The van der Waals surface area contributed by atoms with Crippen molar-refractivity contribution in [3.05, 3.63) is 36.0 Å². The van der Waals surface area contributed by atoms with Crippen LogP contribution in [0.2, 0.25) is 0 Å². The van der Waals surface area contributed by atoms with Crippen LogP contribution in [-0.2, 0) is 4.43 Å². The monoisotopic (exact) mass is 491 g/mol. The largest absolute Gasteiger partial charge is 0.350 e. The van der Waals surface area contributed by atoms with Gasteiger partial charge in [0.15, 0.2) is 5.65 Å². The number of aromatic nitrogens is 4. The molecule has 1 aliphatic heterocycles. The second-order valence-corrected chi connectivity index (χ2v) is 8.95. The number of imidazole rings is 1. The van der Waals surface area contributed by atoms with Crippen LogP contribution in [0.25, 0.3) is 11.2 Å². The summed E-state index contributed by atoms with van der Waals surface area (Å²) in [6.45, 7) is 8.23. The van der Waals surface area contributed by atoms with Gasteiger partial charge in [0, 0.05) is 22.2 Å². The van der Waals surface area contributed by atoms with E-state index < -0.39 is 0 Å². The Balaban J connectivity index is 1.74. The van der Waals surface area contributed by atoms with E-state index in [0.717, 1.165) is 46.7 Å². The first-order valence-electron chi connectivity index (χ1n) is 9.59. The molecule has 1 fully saturated rings. The normalized spacial score (nSPS) is 17.2. The average Bonchev–Trinajstić information content (AvgIpc) is 3.28. The minimum absolute atomic E-state index is 0.102. The van der Waals surface area contributed by atoms with E-state index in [1.807, 2.05) is 0 Å². The fraction of sp³-hybridized carbons (Fsp3) is 0.450. The molecule has 1 atom stereocenters. The van der Waals surface area contributed by atoms with Gasteiger partial charge in [-0.25, -0.2) is 9.97 Å². The van der Waals surface area contributed by atoms with Gasteiger partial charge < -0.3 is 16.0 Å². The summed E-state index contributed by atoms with van der Waals surface area (Å²) < 4.78 is 3.22. The third kappa shape index (κ3) is 4.22. The third-order valence-electron chi connectivity index (χ3n) is 4.68. The van der Waals surface area contributed by atoms with Crippen LogP contribution in [0.3, 0.4) is 0 Å². The number of nitrogens with zero attached hydrogens (tertiary/aromatic N) is 4. The minimum atomic E-state index is -0.102. The van der Waals surface area contributed by atoms with Crippen molar-refractivity contribution in [1.29, 1.82) is 0 Å². The lowest BCUT2D eigenvalue weighted by atomic mass is 10.1. The van der Waals surface area contributed by atoms with E-state index in [2.05, 4.69) is 93.1 Å². The number of fused-ring (bicyclic) bond motifs is 1. The average molecular weight is 491 g/mol. The van der Waals surface area contributed by atoms with Gasteiger partial charge in [-0.15, -0.1) is 0 Å². The van der Waals surface area contributed by atoms with Crippen molar-refractivity contribution < 1.29 is 0 Å². The van der Waals surface area contributed by atoms with Crippen molar-refractivity contribution in [2.45, 2.75) is 43.2 Å². The molecule has 1 aromatic carbocycles. The van der Waals surface area contributed by atoms with Gasteiger partial charge in [0.1, 0.15) is 5.52 Å². The Morgan fingerprint density at radius 1 is 1.21 bits per heavy atom. The molecule has 3 heterocycles. The van der Waals surface area contributed by atoms with Crippen LogP contribution >= 0.6 is 22.6 Å². The summed E-state index contributed by atoms with van der Waals surface area (Å²) in [6, 6.07) is 8.80. The standard InChI is InChI=1S/C20H26IN7/c1-20(2,3)27-18-23-12-16-17(26-18)28(15-8-9-22-11-15)19(25-16)24-14-6-4-13(10-21)5-7-14/h4-7,12,15,22H,8-11H2,1-3H3,(H,24,25)(H,23,26,27). The van der Waals surface area contributed by atoms with Gasteiger partial charge in [-0.05, 0) is 51.4 Å². The number of hydrogen-bond acceptors (Lipinski definition) is 6. The molecule has 1 unspecified atom stereocenters. The Bertz CT molecular complexity index is 953. The number of benzene rings is 1. The van der Waals surface area contributed by atoms with Crippen LogP contribution in [0, 0.1) is 0 Å². The Hall–Kier alpha value is -1.94. The lowest BCUT2D eigenvalue weighted by Gasteiger charge is -2.20. The van der Waals surface area contributed by atoms with Crippen molar-refractivity contribution >= 4 is 51.3 Å². The number of alkyl halides is 1. The zero-order valence-electron chi connectivity index (χ0n) is 16.5. The van der Waals surface area contributed by atoms with Crippen molar-refractivity contribution in [1.82, 2.24) is 24.8 Å². The zero-order chi connectivity index (χ0) is 19.7. The Labute approximate surface area is 178 Å².